The molecule has 2 atom stereocenters. The SMILES string of the molecule is C[C@@H]([NH2+]C[C@H](c1ccccc1)c1c[nH]c2ccccc12)C(=O)Nc1cccc(C#N)c1. The van der Waals surface area contributed by atoms with E-state index in [1.165, 1.54) is 16.5 Å². The smallest absolute Gasteiger partial charge is 0.282 e. The Kier molecular flexibility index (Phi) is 6.11. The molecule has 4 aromatic rings. The molecule has 1 aromatic heterocycles. The third-order valence-electron chi connectivity index (χ3n) is 5.60. The van der Waals surface area contributed by atoms with E-state index >= 15 is 0 Å². The highest BCUT2D eigenvalue weighted by molar-refractivity contribution is 5.93. The van der Waals surface area contributed by atoms with Crippen molar-refractivity contribution in [2.75, 3.05) is 11.9 Å². The lowest BCUT2D eigenvalue weighted by molar-refractivity contribution is -0.674. The molecule has 1 heterocycles. The summed E-state index contributed by atoms with van der Waals surface area (Å²) in [5.74, 6) is 0.0651. The van der Waals surface area contributed by atoms with Gasteiger partial charge >= 0.3 is 0 Å². The largest absolute Gasteiger partial charge is 0.361 e. The summed E-state index contributed by atoms with van der Waals surface area (Å²) in [6.07, 6.45) is 2.08. The lowest BCUT2D eigenvalue weighted by atomic mass is 9.90. The van der Waals surface area contributed by atoms with Gasteiger partial charge in [-0.3, -0.25) is 4.79 Å². The number of hydrogen-bond acceptors (Lipinski definition) is 2. The quantitative estimate of drug-likeness (QED) is 0.434. The van der Waals surface area contributed by atoms with Gasteiger partial charge in [0.1, 0.15) is 0 Å². The molecule has 1 amide bonds. The maximum atomic E-state index is 12.7. The van der Waals surface area contributed by atoms with Crippen molar-refractivity contribution < 1.29 is 10.1 Å². The number of para-hydroxylation sites is 1. The Labute approximate surface area is 181 Å². The number of nitrogens with zero attached hydrogens (tertiary/aromatic N) is 1. The minimum atomic E-state index is -0.276. The average molecular weight is 410 g/mol. The first kappa shape index (κ1) is 20.4. The van der Waals surface area contributed by atoms with Crippen LogP contribution < -0.4 is 10.6 Å². The summed E-state index contributed by atoms with van der Waals surface area (Å²) in [5, 5.41) is 15.2. The fourth-order valence-corrected chi connectivity index (χ4v) is 3.88. The minimum Gasteiger partial charge on any atom is -0.361 e. The van der Waals surface area contributed by atoms with Crippen molar-refractivity contribution in [2.24, 2.45) is 0 Å². The Hall–Kier alpha value is -3.88. The summed E-state index contributed by atoms with van der Waals surface area (Å²) in [4.78, 5) is 16.1. The highest BCUT2D eigenvalue weighted by atomic mass is 16.2. The van der Waals surface area contributed by atoms with Crippen molar-refractivity contribution >= 4 is 22.5 Å². The van der Waals surface area contributed by atoms with Crippen LogP contribution in [0.15, 0.2) is 85.1 Å². The molecule has 0 spiro atoms. The van der Waals surface area contributed by atoms with Crippen LogP contribution in [0.25, 0.3) is 10.9 Å². The van der Waals surface area contributed by atoms with Gasteiger partial charge in [-0.2, -0.15) is 5.26 Å². The first-order chi connectivity index (χ1) is 15.2. The monoisotopic (exact) mass is 409 g/mol. The van der Waals surface area contributed by atoms with Gasteiger partial charge in [0.05, 0.1) is 24.1 Å². The number of benzene rings is 3. The zero-order chi connectivity index (χ0) is 21.6. The third-order valence-corrected chi connectivity index (χ3v) is 5.60. The standard InChI is InChI=1S/C26H24N4O/c1-18(26(31)30-21-11-7-8-19(14-21)15-27)28-16-23(20-9-3-2-4-10-20)24-17-29-25-13-6-5-12-22(24)25/h2-14,17-18,23,28-29H,16H2,1H3,(H,30,31)/p+1/t18-,23-/m1/s1. The molecule has 3 aromatic carbocycles. The molecule has 0 unspecified atom stereocenters. The van der Waals surface area contributed by atoms with Gasteiger partial charge in [0, 0.05) is 22.8 Å². The van der Waals surface area contributed by atoms with Crippen molar-refractivity contribution in [3.63, 3.8) is 0 Å². The normalized spacial score (nSPS) is 12.8. The van der Waals surface area contributed by atoms with Gasteiger partial charge in [-0.05, 0) is 42.3 Å². The molecule has 0 fully saturated rings. The van der Waals surface area contributed by atoms with Crippen molar-refractivity contribution in [1.82, 2.24) is 4.98 Å². The zero-order valence-electron chi connectivity index (χ0n) is 17.4. The van der Waals surface area contributed by atoms with Gasteiger partial charge in [-0.15, -0.1) is 0 Å². The molecule has 154 valence electrons. The molecule has 4 N–H and O–H groups in total. The molecular weight excluding hydrogens is 384 g/mol. The molecule has 4 rings (SSSR count). The third kappa shape index (κ3) is 4.66. The summed E-state index contributed by atoms with van der Waals surface area (Å²) in [6.45, 7) is 2.64. The number of fused-ring (bicyclic) bond motifs is 1. The summed E-state index contributed by atoms with van der Waals surface area (Å²) < 4.78 is 0. The van der Waals surface area contributed by atoms with Gasteiger partial charge < -0.3 is 15.6 Å². The molecule has 0 saturated heterocycles. The van der Waals surface area contributed by atoms with Crippen molar-refractivity contribution in [1.29, 1.82) is 5.26 Å². The Morgan fingerprint density at radius 1 is 1.06 bits per heavy atom. The van der Waals surface area contributed by atoms with Crippen molar-refractivity contribution in [2.45, 2.75) is 18.9 Å². The van der Waals surface area contributed by atoms with E-state index < -0.39 is 0 Å². The lowest BCUT2D eigenvalue weighted by Gasteiger charge is -2.19. The van der Waals surface area contributed by atoms with Crippen LogP contribution in [0, 0.1) is 11.3 Å². The second-order valence-corrected chi connectivity index (χ2v) is 7.69. The minimum absolute atomic E-state index is 0.0826. The summed E-state index contributed by atoms with van der Waals surface area (Å²) >= 11 is 0. The van der Waals surface area contributed by atoms with E-state index in [-0.39, 0.29) is 17.9 Å². The van der Waals surface area contributed by atoms with E-state index in [4.69, 9.17) is 5.26 Å². The van der Waals surface area contributed by atoms with E-state index in [0.29, 0.717) is 11.3 Å². The molecule has 5 nitrogen and oxygen atoms in total. The first-order valence-electron chi connectivity index (χ1n) is 10.4. The lowest BCUT2D eigenvalue weighted by Crippen LogP contribution is -2.92. The van der Waals surface area contributed by atoms with Crippen LogP contribution >= 0.6 is 0 Å². The van der Waals surface area contributed by atoms with Gasteiger partial charge in [0.2, 0.25) is 0 Å². The summed E-state index contributed by atoms with van der Waals surface area (Å²) in [7, 11) is 0. The van der Waals surface area contributed by atoms with Crippen LogP contribution in [-0.2, 0) is 4.79 Å². The number of aromatic amines is 1. The van der Waals surface area contributed by atoms with E-state index in [1.54, 1.807) is 24.3 Å². The van der Waals surface area contributed by atoms with Gasteiger partial charge in [0.15, 0.2) is 6.04 Å². The predicted molar refractivity (Wildman–Crippen MR) is 123 cm³/mol. The first-order valence-corrected chi connectivity index (χ1v) is 10.4. The number of anilines is 1. The Morgan fingerprint density at radius 2 is 1.84 bits per heavy atom. The molecule has 0 saturated carbocycles. The number of nitriles is 1. The topological polar surface area (TPSA) is 85.3 Å². The summed E-state index contributed by atoms with van der Waals surface area (Å²) in [5.41, 5.74) is 4.73. The van der Waals surface area contributed by atoms with Gasteiger partial charge in [-0.1, -0.05) is 54.6 Å². The second kappa shape index (κ2) is 9.29. The number of quaternary nitrogens is 1. The molecule has 31 heavy (non-hydrogen) atoms. The molecule has 0 aliphatic carbocycles. The molecule has 0 bridgehead atoms. The van der Waals surface area contributed by atoms with E-state index in [1.807, 2.05) is 19.1 Å². The number of nitrogens with one attached hydrogen (secondary N) is 2. The predicted octanol–water partition coefficient (Wildman–Crippen LogP) is 3.76. The molecular formula is C26H25N4O+. The van der Waals surface area contributed by atoms with E-state index in [9.17, 15) is 4.79 Å². The number of rotatable bonds is 7. The van der Waals surface area contributed by atoms with E-state index in [2.05, 4.69) is 70.3 Å². The Balaban J connectivity index is 1.51. The number of amides is 1. The number of nitrogens with two attached hydrogens (primary N) is 1. The molecule has 0 aliphatic rings. The number of carbonyl (C=O) groups is 1. The highest BCUT2D eigenvalue weighted by Gasteiger charge is 2.23. The number of aromatic nitrogens is 1. The van der Waals surface area contributed by atoms with Crippen LogP contribution in [0.3, 0.4) is 0 Å². The van der Waals surface area contributed by atoms with Gasteiger partial charge in [-0.25, -0.2) is 0 Å². The summed E-state index contributed by atoms with van der Waals surface area (Å²) in [6, 6.07) is 27.5. The van der Waals surface area contributed by atoms with Crippen LogP contribution in [-0.4, -0.2) is 23.5 Å². The van der Waals surface area contributed by atoms with Crippen LogP contribution in [0.5, 0.6) is 0 Å². The highest BCUT2D eigenvalue weighted by Crippen LogP contribution is 2.29. The zero-order valence-corrected chi connectivity index (χ0v) is 17.4. The Morgan fingerprint density at radius 3 is 2.65 bits per heavy atom. The molecule has 0 aliphatic heterocycles. The van der Waals surface area contributed by atoms with Crippen LogP contribution in [0.4, 0.5) is 5.69 Å². The average Bonchev–Trinajstić information content (AvgIpc) is 3.24. The number of carbonyl (C=O) groups excluding carboxylic acids is 1. The van der Waals surface area contributed by atoms with Crippen LogP contribution in [0.2, 0.25) is 0 Å². The fourth-order valence-electron chi connectivity index (χ4n) is 3.88. The maximum absolute atomic E-state index is 12.7. The molecule has 0 radical (unpaired) electrons. The van der Waals surface area contributed by atoms with Crippen LogP contribution in [0.1, 0.15) is 29.5 Å². The number of hydrogen-bond donors (Lipinski definition) is 3. The number of H-pyrrole nitrogens is 1. The fraction of sp³-hybridized carbons (Fsp3) is 0.154. The van der Waals surface area contributed by atoms with Crippen molar-refractivity contribution in [3.8, 4) is 6.07 Å². The maximum Gasteiger partial charge on any atom is 0.282 e. The Bertz CT molecular complexity index is 1220. The molecule has 5 heteroatoms. The van der Waals surface area contributed by atoms with E-state index in [0.717, 1.165) is 12.1 Å². The van der Waals surface area contributed by atoms with Crippen molar-refractivity contribution in [3.05, 3.63) is 102 Å². The second-order valence-electron chi connectivity index (χ2n) is 7.69. The van der Waals surface area contributed by atoms with Gasteiger partial charge in [0.25, 0.3) is 5.91 Å².